The Morgan fingerprint density at radius 3 is 2.67 bits per heavy atom. The van der Waals surface area contributed by atoms with Crippen molar-refractivity contribution < 1.29 is 27.4 Å². The molecule has 0 saturated carbocycles. The maximum absolute atomic E-state index is 12.9. The molecule has 1 aliphatic rings. The van der Waals surface area contributed by atoms with Crippen molar-refractivity contribution in [2.75, 3.05) is 13.7 Å². The lowest BCUT2D eigenvalue weighted by molar-refractivity contribution is -0.139. The number of hydrogen-bond acceptors (Lipinski definition) is 3. The van der Waals surface area contributed by atoms with E-state index in [1.807, 2.05) is 0 Å². The lowest BCUT2D eigenvalue weighted by Crippen LogP contribution is -2.15. The molecule has 1 fully saturated rings. The Morgan fingerprint density at radius 2 is 2.17 bits per heavy atom. The molecule has 1 aromatic carbocycles. The van der Waals surface area contributed by atoms with Gasteiger partial charge in [0.1, 0.15) is 11.9 Å². The van der Waals surface area contributed by atoms with Crippen LogP contribution in [0.4, 0.5) is 18.0 Å². The standard InChI is InChI=1S/C11H10F3NO3/c1-17-6-2-3-7(8(4-6)11(12,13)14)9-5-15-10(16)18-9/h2-4,9H,5H2,1H3,(H,15,16). The van der Waals surface area contributed by atoms with Gasteiger partial charge in [-0.2, -0.15) is 13.2 Å². The molecule has 1 aliphatic heterocycles. The maximum atomic E-state index is 12.9. The Bertz CT molecular complexity index is 473. The van der Waals surface area contributed by atoms with Crippen LogP contribution in [0.5, 0.6) is 5.75 Å². The Labute approximate surface area is 101 Å². The number of carbonyl (C=O) groups is 1. The first-order valence-electron chi connectivity index (χ1n) is 5.11. The summed E-state index contributed by atoms with van der Waals surface area (Å²) < 4.78 is 48.2. The second-order valence-corrected chi connectivity index (χ2v) is 3.73. The first-order chi connectivity index (χ1) is 8.41. The number of cyclic esters (lactones) is 1. The predicted molar refractivity (Wildman–Crippen MR) is 55.2 cm³/mol. The smallest absolute Gasteiger partial charge is 0.416 e. The highest BCUT2D eigenvalue weighted by Gasteiger charge is 2.38. The molecule has 0 aromatic heterocycles. The van der Waals surface area contributed by atoms with Gasteiger partial charge in [-0.25, -0.2) is 4.79 Å². The third-order valence-electron chi connectivity index (χ3n) is 2.59. The van der Waals surface area contributed by atoms with Crippen molar-refractivity contribution in [3.8, 4) is 5.75 Å². The third kappa shape index (κ3) is 2.34. The van der Waals surface area contributed by atoms with Crippen LogP contribution in [0.3, 0.4) is 0 Å². The van der Waals surface area contributed by atoms with E-state index in [4.69, 9.17) is 9.47 Å². The summed E-state index contributed by atoms with van der Waals surface area (Å²) in [5, 5.41) is 2.32. The van der Waals surface area contributed by atoms with E-state index in [1.54, 1.807) is 0 Å². The van der Waals surface area contributed by atoms with Crippen molar-refractivity contribution in [1.82, 2.24) is 5.32 Å². The molecule has 1 amide bonds. The number of carbonyl (C=O) groups excluding carboxylic acids is 1. The average molecular weight is 261 g/mol. The summed E-state index contributed by atoms with van der Waals surface area (Å²) in [5.74, 6) is 0.100. The molecule has 2 rings (SSSR count). The van der Waals surface area contributed by atoms with Crippen molar-refractivity contribution >= 4 is 6.09 Å². The zero-order chi connectivity index (χ0) is 13.3. The van der Waals surface area contributed by atoms with Gasteiger partial charge >= 0.3 is 12.3 Å². The van der Waals surface area contributed by atoms with Gasteiger partial charge in [-0.1, -0.05) is 6.07 Å². The van der Waals surface area contributed by atoms with Gasteiger partial charge in [0, 0.05) is 5.56 Å². The number of methoxy groups -OCH3 is 1. The summed E-state index contributed by atoms with van der Waals surface area (Å²) >= 11 is 0. The largest absolute Gasteiger partial charge is 0.497 e. The lowest BCUT2D eigenvalue weighted by Gasteiger charge is -2.17. The first kappa shape index (κ1) is 12.5. The number of alkyl carbamates (subject to hydrolysis) is 1. The number of rotatable bonds is 2. The fourth-order valence-corrected chi connectivity index (χ4v) is 1.75. The lowest BCUT2D eigenvalue weighted by atomic mass is 10.0. The van der Waals surface area contributed by atoms with E-state index in [2.05, 4.69) is 5.32 Å². The highest BCUT2D eigenvalue weighted by molar-refractivity contribution is 5.69. The Kier molecular flexibility index (Phi) is 3.06. The van der Waals surface area contributed by atoms with Crippen LogP contribution in [0.25, 0.3) is 0 Å². The molecule has 1 saturated heterocycles. The fourth-order valence-electron chi connectivity index (χ4n) is 1.75. The van der Waals surface area contributed by atoms with Gasteiger partial charge in [0.2, 0.25) is 0 Å². The quantitative estimate of drug-likeness (QED) is 0.889. The molecule has 1 aromatic rings. The van der Waals surface area contributed by atoms with Crippen LogP contribution in [-0.4, -0.2) is 19.7 Å². The fraction of sp³-hybridized carbons (Fsp3) is 0.364. The van der Waals surface area contributed by atoms with Gasteiger partial charge in [-0.15, -0.1) is 0 Å². The summed E-state index contributed by atoms with van der Waals surface area (Å²) in [7, 11) is 1.28. The van der Waals surface area contributed by atoms with Crippen molar-refractivity contribution in [2.24, 2.45) is 0 Å². The number of alkyl halides is 3. The van der Waals surface area contributed by atoms with E-state index in [-0.39, 0.29) is 17.9 Å². The van der Waals surface area contributed by atoms with Gasteiger partial charge in [0.05, 0.1) is 19.2 Å². The molecule has 4 nitrogen and oxygen atoms in total. The number of benzene rings is 1. The molecule has 18 heavy (non-hydrogen) atoms. The van der Waals surface area contributed by atoms with Crippen LogP contribution < -0.4 is 10.1 Å². The zero-order valence-electron chi connectivity index (χ0n) is 9.38. The second-order valence-electron chi connectivity index (χ2n) is 3.73. The molecule has 0 spiro atoms. The summed E-state index contributed by atoms with van der Waals surface area (Å²) in [6.07, 6.45) is -6.18. The van der Waals surface area contributed by atoms with Gasteiger partial charge in [-0.3, -0.25) is 0 Å². The Hall–Kier alpha value is -1.92. The van der Waals surface area contributed by atoms with E-state index in [1.165, 1.54) is 19.2 Å². The molecular weight excluding hydrogens is 251 g/mol. The van der Waals surface area contributed by atoms with Gasteiger partial charge < -0.3 is 14.8 Å². The third-order valence-corrected chi connectivity index (χ3v) is 2.59. The van der Waals surface area contributed by atoms with E-state index >= 15 is 0 Å². The number of hydrogen-bond donors (Lipinski definition) is 1. The highest BCUT2D eigenvalue weighted by atomic mass is 19.4. The molecule has 1 atom stereocenters. The summed E-state index contributed by atoms with van der Waals surface area (Å²) in [5.41, 5.74) is -0.940. The van der Waals surface area contributed by atoms with E-state index in [0.29, 0.717) is 0 Å². The zero-order valence-corrected chi connectivity index (χ0v) is 9.38. The van der Waals surface area contributed by atoms with Crippen LogP contribution in [0.2, 0.25) is 0 Å². The van der Waals surface area contributed by atoms with Gasteiger partial charge in [-0.05, 0) is 12.1 Å². The number of nitrogens with one attached hydrogen (secondary N) is 1. The van der Waals surface area contributed by atoms with Gasteiger partial charge in [0.25, 0.3) is 0 Å². The van der Waals surface area contributed by atoms with Crippen LogP contribution in [-0.2, 0) is 10.9 Å². The molecule has 0 aliphatic carbocycles. The topological polar surface area (TPSA) is 47.6 Å². The number of halogens is 3. The van der Waals surface area contributed by atoms with Crippen LogP contribution in [0.15, 0.2) is 18.2 Å². The molecular formula is C11H10F3NO3. The first-order valence-corrected chi connectivity index (χ1v) is 5.11. The highest BCUT2D eigenvalue weighted by Crippen LogP contribution is 2.38. The normalized spacial score (nSPS) is 19.3. The van der Waals surface area contributed by atoms with Crippen molar-refractivity contribution in [3.05, 3.63) is 29.3 Å². The van der Waals surface area contributed by atoms with Crippen LogP contribution in [0.1, 0.15) is 17.2 Å². The molecule has 7 heteroatoms. The average Bonchev–Trinajstić information content (AvgIpc) is 2.74. The van der Waals surface area contributed by atoms with Crippen molar-refractivity contribution in [3.63, 3.8) is 0 Å². The summed E-state index contributed by atoms with van der Waals surface area (Å²) in [6, 6.07) is 3.55. The Balaban J connectivity index is 2.43. The maximum Gasteiger partial charge on any atom is 0.416 e. The molecule has 1 heterocycles. The Morgan fingerprint density at radius 1 is 1.44 bits per heavy atom. The van der Waals surface area contributed by atoms with E-state index < -0.39 is 23.9 Å². The monoisotopic (exact) mass is 261 g/mol. The minimum atomic E-state index is -4.53. The summed E-state index contributed by atoms with van der Waals surface area (Å²) in [4.78, 5) is 10.9. The molecule has 0 bridgehead atoms. The number of amides is 1. The van der Waals surface area contributed by atoms with E-state index in [9.17, 15) is 18.0 Å². The molecule has 1 N–H and O–H groups in total. The second kappa shape index (κ2) is 4.40. The minimum absolute atomic E-state index is 0.0221. The molecule has 98 valence electrons. The van der Waals surface area contributed by atoms with E-state index in [0.717, 1.165) is 6.07 Å². The number of ether oxygens (including phenoxy) is 2. The minimum Gasteiger partial charge on any atom is -0.497 e. The molecule has 0 radical (unpaired) electrons. The predicted octanol–water partition coefficient (Wildman–Crippen LogP) is 2.49. The summed E-state index contributed by atoms with van der Waals surface area (Å²) in [6.45, 7) is 0.0221. The van der Waals surface area contributed by atoms with Gasteiger partial charge in [0.15, 0.2) is 0 Å². The van der Waals surface area contributed by atoms with Crippen LogP contribution >= 0.6 is 0 Å². The van der Waals surface area contributed by atoms with Crippen molar-refractivity contribution in [1.29, 1.82) is 0 Å². The van der Waals surface area contributed by atoms with Crippen LogP contribution in [0, 0.1) is 0 Å². The SMILES string of the molecule is COc1ccc(C2CNC(=O)O2)c(C(F)(F)F)c1. The molecule has 1 unspecified atom stereocenters. The van der Waals surface area contributed by atoms with Crippen molar-refractivity contribution in [2.45, 2.75) is 12.3 Å².